The summed E-state index contributed by atoms with van der Waals surface area (Å²) in [4.78, 5) is 11.4. The number of hydrogen-bond acceptors (Lipinski definition) is 1. The van der Waals surface area contributed by atoms with E-state index in [9.17, 15) is 61.9 Å². The summed E-state index contributed by atoms with van der Waals surface area (Å²) in [7, 11) is 0. The van der Waals surface area contributed by atoms with Gasteiger partial charge in [0.1, 0.15) is 0 Å². The van der Waals surface area contributed by atoms with E-state index < -0.39 is 92.0 Å². The maximum Gasteiger partial charge on any atom is 0.457 e. The molecule has 0 bridgehead atoms. The second-order valence-corrected chi connectivity index (χ2v) is 6.07. The van der Waals surface area contributed by atoms with Crippen LogP contribution in [0.1, 0.15) is 11.1 Å². The predicted octanol–water partition coefficient (Wildman–Crippen LogP) is 5.55. The maximum atomic E-state index is 15.4. The Balaban J connectivity index is 2.82. The van der Waals surface area contributed by atoms with Crippen LogP contribution in [0.4, 0.5) is 61.5 Å². The van der Waals surface area contributed by atoms with Crippen molar-refractivity contribution in [2.45, 2.75) is 17.8 Å². The van der Waals surface area contributed by atoms with Crippen molar-refractivity contribution in [3.8, 4) is 11.1 Å². The van der Waals surface area contributed by atoms with Gasteiger partial charge in [-0.2, -0.15) is 26.3 Å². The molecule has 2 aromatic carbocycles. The molecular formula is C16F14O. The Morgan fingerprint density at radius 1 is 0.516 bits per heavy atom. The van der Waals surface area contributed by atoms with Crippen molar-refractivity contribution >= 4 is 0 Å². The zero-order valence-electron chi connectivity index (χ0n) is 13.7. The molecule has 0 aliphatic heterocycles. The van der Waals surface area contributed by atoms with E-state index >= 15 is 4.39 Å². The zero-order valence-corrected chi connectivity index (χ0v) is 13.7. The lowest BCUT2D eigenvalue weighted by Gasteiger charge is -2.33. The van der Waals surface area contributed by atoms with Crippen molar-refractivity contribution in [3.63, 3.8) is 0 Å². The van der Waals surface area contributed by atoms with Gasteiger partial charge in [-0.1, -0.05) is 0 Å². The molecule has 0 heterocycles. The van der Waals surface area contributed by atoms with E-state index in [1.165, 1.54) is 0 Å². The molecule has 168 valence electrons. The van der Waals surface area contributed by atoms with Crippen LogP contribution in [0.3, 0.4) is 0 Å². The predicted molar refractivity (Wildman–Crippen MR) is 70.7 cm³/mol. The molecule has 1 atom stereocenters. The Labute approximate surface area is 159 Å². The molecule has 0 saturated carbocycles. The van der Waals surface area contributed by atoms with Gasteiger partial charge in [0.2, 0.25) is 11.5 Å². The monoisotopic (exact) mass is 474 g/mol. The number of benzene rings is 1. The van der Waals surface area contributed by atoms with Crippen molar-refractivity contribution in [2.75, 3.05) is 0 Å². The lowest BCUT2D eigenvalue weighted by Crippen LogP contribution is -2.53. The number of halogens is 14. The molecule has 2 aromatic rings. The number of alkyl halides is 6. The first-order valence-electron chi connectivity index (χ1n) is 7.35. The first-order valence-corrected chi connectivity index (χ1v) is 7.35. The van der Waals surface area contributed by atoms with Gasteiger partial charge in [-0.05, 0) is 0 Å². The summed E-state index contributed by atoms with van der Waals surface area (Å²) in [5.74, 6) is -32.4. The summed E-state index contributed by atoms with van der Waals surface area (Å²) in [6, 6.07) is 0. The standard InChI is InChI=1S/C16F14O/c17-5-1-2-4(8(20)13(31)12(24)10(22)6(2)18)14(25,15(26,27)16(28,29)30)3(1)7(19)11(23)9(5)21. The van der Waals surface area contributed by atoms with E-state index in [1.807, 2.05) is 0 Å². The SMILES string of the molecule is O=c1c(F)c(F)c(F)c2c(c1F)C(F)(C(F)(F)C(F)(F)F)c1c(F)c(F)c(F)c(F)c1-2. The molecule has 0 amide bonds. The summed E-state index contributed by atoms with van der Waals surface area (Å²) in [5, 5.41) is 0. The number of fused-ring (bicyclic) bond motifs is 3. The van der Waals surface area contributed by atoms with E-state index in [0.29, 0.717) is 0 Å². The largest absolute Gasteiger partial charge is 0.457 e. The van der Waals surface area contributed by atoms with Crippen LogP contribution in [0.25, 0.3) is 11.1 Å². The molecule has 15 heteroatoms. The molecule has 1 unspecified atom stereocenters. The first-order chi connectivity index (χ1) is 13.9. The Hall–Kier alpha value is -2.87. The van der Waals surface area contributed by atoms with Crippen LogP contribution in [-0.4, -0.2) is 12.1 Å². The molecule has 0 fully saturated rings. The highest BCUT2D eigenvalue weighted by atomic mass is 19.4. The summed E-state index contributed by atoms with van der Waals surface area (Å²) in [6.07, 6.45) is -7.15. The molecule has 0 N–H and O–H groups in total. The van der Waals surface area contributed by atoms with Crippen molar-refractivity contribution < 1.29 is 61.5 Å². The molecular weight excluding hydrogens is 474 g/mol. The lowest BCUT2D eigenvalue weighted by molar-refractivity contribution is -0.323. The molecule has 0 spiro atoms. The van der Waals surface area contributed by atoms with Gasteiger partial charge < -0.3 is 0 Å². The molecule has 1 aliphatic carbocycles. The number of hydrogen-bond donors (Lipinski definition) is 0. The molecule has 0 saturated heterocycles. The third kappa shape index (κ3) is 2.48. The van der Waals surface area contributed by atoms with Gasteiger partial charge in [0.05, 0.1) is 11.1 Å². The highest BCUT2D eigenvalue weighted by molar-refractivity contribution is 5.82. The van der Waals surface area contributed by atoms with Crippen molar-refractivity contribution in [2.24, 2.45) is 0 Å². The quantitative estimate of drug-likeness (QED) is 0.301. The molecule has 0 aromatic heterocycles. The highest BCUT2D eigenvalue weighted by Gasteiger charge is 2.77. The van der Waals surface area contributed by atoms with Gasteiger partial charge in [0.25, 0.3) is 5.43 Å². The summed E-state index contributed by atoms with van der Waals surface area (Å²) in [6.45, 7) is 0. The van der Waals surface area contributed by atoms with Gasteiger partial charge in [0.15, 0.2) is 40.7 Å². The van der Waals surface area contributed by atoms with Crippen LogP contribution in [0.5, 0.6) is 0 Å². The molecule has 31 heavy (non-hydrogen) atoms. The van der Waals surface area contributed by atoms with E-state index in [0.717, 1.165) is 0 Å². The fourth-order valence-electron chi connectivity index (χ4n) is 3.12. The topological polar surface area (TPSA) is 17.1 Å². The Morgan fingerprint density at radius 2 is 0.871 bits per heavy atom. The number of rotatable bonds is 1. The minimum absolute atomic E-state index is 2.65. The van der Waals surface area contributed by atoms with Crippen LogP contribution in [0.15, 0.2) is 4.79 Å². The van der Waals surface area contributed by atoms with Crippen molar-refractivity contribution in [1.29, 1.82) is 0 Å². The van der Waals surface area contributed by atoms with E-state index in [4.69, 9.17) is 0 Å². The zero-order chi connectivity index (χ0) is 24.0. The fourth-order valence-corrected chi connectivity index (χ4v) is 3.12. The summed E-state index contributed by atoms with van der Waals surface area (Å²) in [5.41, 5.74) is -21.0. The third-order valence-corrected chi connectivity index (χ3v) is 4.47. The third-order valence-electron chi connectivity index (χ3n) is 4.47. The van der Waals surface area contributed by atoms with E-state index in [1.54, 1.807) is 0 Å². The van der Waals surface area contributed by atoms with Gasteiger partial charge in [-0.3, -0.25) is 4.79 Å². The van der Waals surface area contributed by atoms with Crippen LogP contribution in [0.2, 0.25) is 0 Å². The molecule has 3 rings (SSSR count). The smallest absolute Gasteiger partial charge is 0.283 e. The molecule has 0 radical (unpaired) electrons. The van der Waals surface area contributed by atoms with Crippen LogP contribution < -0.4 is 5.43 Å². The Kier molecular flexibility index (Phi) is 4.65. The summed E-state index contributed by atoms with van der Waals surface area (Å²) < 4.78 is 194. The first kappa shape index (κ1) is 22.8. The van der Waals surface area contributed by atoms with Gasteiger partial charge in [0, 0.05) is 11.1 Å². The van der Waals surface area contributed by atoms with Gasteiger partial charge in [-0.25, -0.2) is 35.1 Å². The van der Waals surface area contributed by atoms with Crippen LogP contribution in [0, 0.1) is 46.5 Å². The lowest BCUT2D eigenvalue weighted by atomic mass is 9.85. The van der Waals surface area contributed by atoms with E-state index in [2.05, 4.69) is 0 Å². The fraction of sp³-hybridized carbons (Fsp3) is 0.188. The Morgan fingerprint density at radius 3 is 1.29 bits per heavy atom. The second kappa shape index (κ2) is 6.32. The molecule has 1 aliphatic rings. The normalized spacial score (nSPS) is 18.3. The second-order valence-electron chi connectivity index (χ2n) is 6.07. The summed E-state index contributed by atoms with van der Waals surface area (Å²) >= 11 is 0. The average Bonchev–Trinajstić information content (AvgIpc) is 2.94. The minimum atomic E-state index is -7.15. The van der Waals surface area contributed by atoms with Crippen LogP contribution >= 0.6 is 0 Å². The maximum absolute atomic E-state index is 15.4. The minimum Gasteiger partial charge on any atom is -0.283 e. The Bertz CT molecular complexity index is 1220. The van der Waals surface area contributed by atoms with Crippen LogP contribution in [-0.2, 0) is 5.67 Å². The highest BCUT2D eigenvalue weighted by Crippen LogP contribution is 2.63. The molecule has 1 nitrogen and oxygen atoms in total. The van der Waals surface area contributed by atoms with Gasteiger partial charge in [-0.15, -0.1) is 0 Å². The van der Waals surface area contributed by atoms with Crippen molar-refractivity contribution in [3.05, 3.63) is 67.9 Å². The van der Waals surface area contributed by atoms with Gasteiger partial charge >= 0.3 is 12.1 Å². The average molecular weight is 474 g/mol. The van der Waals surface area contributed by atoms with Crippen molar-refractivity contribution in [1.82, 2.24) is 0 Å². The van der Waals surface area contributed by atoms with E-state index in [-0.39, 0.29) is 0 Å².